The van der Waals surface area contributed by atoms with Gasteiger partial charge in [0.25, 0.3) is 0 Å². The highest BCUT2D eigenvalue weighted by Crippen LogP contribution is 2.14. The van der Waals surface area contributed by atoms with Gasteiger partial charge in [-0.3, -0.25) is 9.59 Å². The van der Waals surface area contributed by atoms with Crippen LogP contribution >= 0.6 is 0 Å². The zero-order valence-electron chi connectivity index (χ0n) is 10.9. The quantitative estimate of drug-likeness (QED) is 0.715. The standard InChI is InChI=1S/C12H16N2O5S/c1-8(7-12(16)17)6-11(15)14-9-2-4-10(5-3-9)20(13,18)19/h2-5,8H,6-7H2,1H3,(H,14,15)(H,16,17)(H2,13,18,19)/t8-/m1/s1. The number of carbonyl (C=O) groups is 2. The predicted octanol–water partition coefficient (Wildman–Crippen LogP) is 0.773. The second-order valence-electron chi connectivity index (χ2n) is 4.52. The Hall–Kier alpha value is -1.93. The molecule has 1 atom stereocenters. The molecule has 1 aromatic carbocycles. The number of hydrogen-bond acceptors (Lipinski definition) is 4. The van der Waals surface area contributed by atoms with E-state index in [-0.39, 0.29) is 29.6 Å². The van der Waals surface area contributed by atoms with Crippen LogP contribution in [0.25, 0.3) is 0 Å². The Kier molecular flexibility index (Phi) is 5.23. The van der Waals surface area contributed by atoms with Crippen LogP contribution in [0.4, 0.5) is 5.69 Å². The average molecular weight is 300 g/mol. The Labute approximate surface area is 116 Å². The topological polar surface area (TPSA) is 127 Å². The molecular weight excluding hydrogens is 284 g/mol. The van der Waals surface area contributed by atoms with Crippen molar-refractivity contribution in [3.8, 4) is 0 Å². The average Bonchev–Trinajstić information content (AvgIpc) is 2.26. The molecule has 1 rings (SSSR count). The van der Waals surface area contributed by atoms with Crippen LogP contribution in [-0.2, 0) is 19.6 Å². The van der Waals surface area contributed by atoms with Gasteiger partial charge in [0, 0.05) is 18.5 Å². The lowest BCUT2D eigenvalue weighted by molar-refractivity contribution is -0.138. The van der Waals surface area contributed by atoms with Gasteiger partial charge in [0.2, 0.25) is 15.9 Å². The predicted molar refractivity (Wildman–Crippen MR) is 72.5 cm³/mol. The SMILES string of the molecule is C[C@@H](CC(=O)O)CC(=O)Nc1ccc(S(N)(=O)=O)cc1. The number of nitrogens with two attached hydrogens (primary N) is 1. The van der Waals surface area contributed by atoms with Crippen molar-refractivity contribution in [2.75, 3.05) is 5.32 Å². The number of carboxylic acid groups (broad SMARTS) is 1. The number of aliphatic carboxylic acids is 1. The maximum atomic E-state index is 11.6. The van der Waals surface area contributed by atoms with E-state index in [0.29, 0.717) is 5.69 Å². The number of primary sulfonamides is 1. The summed E-state index contributed by atoms with van der Waals surface area (Å²) in [5.74, 6) is -1.57. The molecule has 7 nitrogen and oxygen atoms in total. The van der Waals surface area contributed by atoms with Gasteiger partial charge in [0.1, 0.15) is 0 Å². The van der Waals surface area contributed by atoms with Crippen LogP contribution in [0.15, 0.2) is 29.2 Å². The van der Waals surface area contributed by atoms with Crippen molar-refractivity contribution >= 4 is 27.6 Å². The minimum absolute atomic E-state index is 0.0465. The third-order valence-corrected chi connectivity index (χ3v) is 3.45. The number of rotatable bonds is 6. The number of sulfonamides is 1. The fourth-order valence-corrected chi connectivity index (χ4v) is 2.14. The van der Waals surface area contributed by atoms with Gasteiger partial charge in [-0.2, -0.15) is 0 Å². The Bertz CT molecular complexity index is 595. The lowest BCUT2D eigenvalue weighted by atomic mass is 10.0. The van der Waals surface area contributed by atoms with E-state index in [0.717, 1.165) is 0 Å². The molecule has 0 spiro atoms. The second-order valence-corrected chi connectivity index (χ2v) is 6.09. The van der Waals surface area contributed by atoms with Crippen molar-refractivity contribution < 1.29 is 23.1 Å². The number of carboxylic acids is 1. The zero-order chi connectivity index (χ0) is 15.3. The molecule has 0 aliphatic heterocycles. The molecule has 0 radical (unpaired) electrons. The fraction of sp³-hybridized carbons (Fsp3) is 0.333. The van der Waals surface area contributed by atoms with Crippen LogP contribution in [0.2, 0.25) is 0 Å². The molecule has 0 fully saturated rings. The zero-order valence-corrected chi connectivity index (χ0v) is 11.7. The van der Waals surface area contributed by atoms with Crippen molar-refractivity contribution in [3.63, 3.8) is 0 Å². The van der Waals surface area contributed by atoms with E-state index < -0.39 is 16.0 Å². The van der Waals surface area contributed by atoms with Gasteiger partial charge < -0.3 is 10.4 Å². The highest BCUT2D eigenvalue weighted by atomic mass is 32.2. The fourth-order valence-electron chi connectivity index (χ4n) is 1.63. The smallest absolute Gasteiger partial charge is 0.303 e. The maximum Gasteiger partial charge on any atom is 0.303 e. The van der Waals surface area contributed by atoms with E-state index >= 15 is 0 Å². The third kappa shape index (κ3) is 5.37. The van der Waals surface area contributed by atoms with E-state index in [1.54, 1.807) is 6.92 Å². The van der Waals surface area contributed by atoms with E-state index in [1.807, 2.05) is 0 Å². The Morgan fingerprint density at radius 2 is 1.80 bits per heavy atom. The van der Waals surface area contributed by atoms with E-state index in [1.165, 1.54) is 24.3 Å². The van der Waals surface area contributed by atoms with E-state index in [2.05, 4.69) is 5.32 Å². The molecule has 0 saturated carbocycles. The van der Waals surface area contributed by atoms with Crippen LogP contribution < -0.4 is 10.5 Å². The van der Waals surface area contributed by atoms with Crippen molar-refractivity contribution in [2.24, 2.45) is 11.1 Å². The van der Waals surface area contributed by atoms with Crippen LogP contribution in [0, 0.1) is 5.92 Å². The number of anilines is 1. The normalized spacial score (nSPS) is 12.7. The molecule has 1 aromatic rings. The second kappa shape index (κ2) is 6.49. The van der Waals surface area contributed by atoms with Gasteiger partial charge in [-0.15, -0.1) is 0 Å². The molecule has 20 heavy (non-hydrogen) atoms. The molecule has 0 aliphatic rings. The first-order valence-corrected chi connectivity index (χ1v) is 7.37. The molecule has 0 aliphatic carbocycles. The van der Waals surface area contributed by atoms with Crippen LogP contribution in [0.3, 0.4) is 0 Å². The summed E-state index contributed by atoms with van der Waals surface area (Å²) in [7, 11) is -3.76. The number of nitrogens with one attached hydrogen (secondary N) is 1. The van der Waals surface area contributed by atoms with Crippen molar-refractivity contribution in [2.45, 2.75) is 24.7 Å². The number of hydrogen-bond donors (Lipinski definition) is 3. The van der Waals surface area contributed by atoms with Gasteiger partial charge in [0.05, 0.1) is 4.90 Å². The molecule has 0 unspecified atom stereocenters. The first-order valence-electron chi connectivity index (χ1n) is 5.83. The van der Waals surface area contributed by atoms with Gasteiger partial charge in [0.15, 0.2) is 0 Å². The van der Waals surface area contributed by atoms with Gasteiger partial charge in [-0.05, 0) is 30.2 Å². The maximum absolute atomic E-state index is 11.6. The largest absolute Gasteiger partial charge is 0.481 e. The summed E-state index contributed by atoms with van der Waals surface area (Å²) < 4.78 is 22.1. The van der Waals surface area contributed by atoms with Crippen LogP contribution in [-0.4, -0.2) is 25.4 Å². The molecule has 0 aromatic heterocycles. The Morgan fingerprint density at radius 3 is 2.25 bits per heavy atom. The number of benzene rings is 1. The molecule has 4 N–H and O–H groups in total. The summed E-state index contributed by atoms with van der Waals surface area (Å²) >= 11 is 0. The van der Waals surface area contributed by atoms with Crippen molar-refractivity contribution in [1.82, 2.24) is 0 Å². The molecule has 8 heteroatoms. The lowest BCUT2D eigenvalue weighted by Crippen LogP contribution is -2.17. The summed E-state index contributed by atoms with van der Waals surface area (Å²) in [5, 5.41) is 16.1. The number of amides is 1. The minimum atomic E-state index is -3.76. The summed E-state index contributed by atoms with van der Waals surface area (Å²) in [5.41, 5.74) is 0.421. The molecule has 1 amide bonds. The number of carbonyl (C=O) groups excluding carboxylic acids is 1. The molecular formula is C12H16N2O5S. The van der Waals surface area contributed by atoms with E-state index in [4.69, 9.17) is 10.2 Å². The lowest BCUT2D eigenvalue weighted by Gasteiger charge is -2.09. The molecule has 0 heterocycles. The minimum Gasteiger partial charge on any atom is -0.481 e. The summed E-state index contributed by atoms with van der Waals surface area (Å²) in [4.78, 5) is 22.1. The molecule has 0 bridgehead atoms. The van der Waals surface area contributed by atoms with Crippen molar-refractivity contribution in [1.29, 1.82) is 0 Å². The van der Waals surface area contributed by atoms with Gasteiger partial charge >= 0.3 is 5.97 Å². The molecule has 110 valence electrons. The van der Waals surface area contributed by atoms with Crippen molar-refractivity contribution in [3.05, 3.63) is 24.3 Å². The monoisotopic (exact) mass is 300 g/mol. The summed E-state index contributed by atoms with van der Waals surface area (Å²) in [6.07, 6.45) is -0.0129. The highest BCUT2D eigenvalue weighted by Gasteiger charge is 2.13. The Balaban J connectivity index is 2.61. The summed E-state index contributed by atoms with van der Waals surface area (Å²) in [6.45, 7) is 1.66. The van der Waals surface area contributed by atoms with E-state index in [9.17, 15) is 18.0 Å². The Morgan fingerprint density at radius 1 is 1.25 bits per heavy atom. The van der Waals surface area contributed by atoms with Gasteiger partial charge in [-0.1, -0.05) is 6.92 Å². The first-order chi connectivity index (χ1) is 9.18. The third-order valence-electron chi connectivity index (χ3n) is 2.52. The highest BCUT2D eigenvalue weighted by molar-refractivity contribution is 7.89. The van der Waals surface area contributed by atoms with Crippen LogP contribution in [0.5, 0.6) is 0 Å². The molecule has 0 saturated heterocycles. The first kappa shape index (κ1) is 16.1. The summed E-state index contributed by atoms with van der Waals surface area (Å²) in [6, 6.07) is 5.40. The van der Waals surface area contributed by atoms with Gasteiger partial charge in [-0.25, -0.2) is 13.6 Å². The van der Waals surface area contributed by atoms with Crippen LogP contribution in [0.1, 0.15) is 19.8 Å².